The van der Waals surface area contributed by atoms with Crippen LogP contribution in [0.3, 0.4) is 0 Å². The van der Waals surface area contributed by atoms with Gasteiger partial charge in [-0.15, -0.1) is 11.3 Å². The number of thiazole rings is 1. The molecule has 28 heavy (non-hydrogen) atoms. The first-order valence-electron chi connectivity index (χ1n) is 8.93. The number of benzene rings is 1. The number of hydrogen-bond acceptors (Lipinski definition) is 4. The van der Waals surface area contributed by atoms with Gasteiger partial charge in [0.05, 0.1) is 6.54 Å². The summed E-state index contributed by atoms with van der Waals surface area (Å²) in [6.45, 7) is 5.87. The maximum absolute atomic E-state index is 12.6. The lowest BCUT2D eigenvalue weighted by molar-refractivity contribution is -0.140. The maximum Gasteiger partial charge on any atom is 0.434 e. The van der Waals surface area contributed by atoms with E-state index in [-0.39, 0.29) is 6.54 Å². The van der Waals surface area contributed by atoms with Gasteiger partial charge in [-0.3, -0.25) is 9.89 Å². The fourth-order valence-corrected chi connectivity index (χ4v) is 3.16. The first kappa shape index (κ1) is 22.2. The van der Waals surface area contributed by atoms with Crippen LogP contribution in [0.5, 0.6) is 0 Å². The molecule has 0 atom stereocenters. The van der Waals surface area contributed by atoms with Gasteiger partial charge in [0.25, 0.3) is 0 Å². The number of guanidine groups is 1. The van der Waals surface area contributed by atoms with E-state index in [0.717, 1.165) is 28.8 Å². The van der Waals surface area contributed by atoms with Crippen LogP contribution in [-0.2, 0) is 25.8 Å². The summed E-state index contributed by atoms with van der Waals surface area (Å²) >= 11 is 0.973. The normalized spacial score (nSPS) is 12.7. The number of rotatable bonds is 7. The molecule has 5 nitrogen and oxygen atoms in total. The second kappa shape index (κ2) is 9.88. The number of hydrogen-bond donors (Lipinski definition) is 2. The van der Waals surface area contributed by atoms with Crippen molar-refractivity contribution >= 4 is 17.3 Å². The average Bonchev–Trinajstić information content (AvgIpc) is 3.12. The molecular weight excluding hydrogens is 387 g/mol. The van der Waals surface area contributed by atoms with E-state index >= 15 is 0 Å². The molecule has 0 bridgehead atoms. The van der Waals surface area contributed by atoms with E-state index in [0.29, 0.717) is 23.6 Å². The summed E-state index contributed by atoms with van der Waals surface area (Å²) in [6, 6.07) is 8.59. The molecule has 1 aromatic carbocycles. The Morgan fingerprint density at radius 2 is 1.82 bits per heavy atom. The highest BCUT2D eigenvalue weighted by atomic mass is 32.1. The molecule has 0 unspecified atom stereocenters. The molecule has 2 rings (SSSR count). The molecule has 0 spiro atoms. The summed E-state index contributed by atoms with van der Waals surface area (Å²) in [7, 11) is 3.70. The zero-order valence-corrected chi connectivity index (χ0v) is 17.3. The van der Waals surface area contributed by atoms with Crippen molar-refractivity contribution in [1.82, 2.24) is 20.5 Å². The molecule has 0 aliphatic carbocycles. The fourth-order valence-electron chi connectivity index (χ4n) is 2.42. The van der Waals surface area contributed by atoms with Crippen LogP contribution >= 0.6 is 11.3 Å². The van der Waals surface area contributed by atoms with E-state index in [1.165, 1.54) is 5.56 Å². The number of nitrogens with zero attached hydrogens (tertiary/aromatic N) is 3. The molecule has 0 amide bonds. The predicted molar refractivity (Wildman–Crippen MR) is 107 cm³/mol. The number of halogens is 3. The van der Waals surface area contributed by atoms with Crippen LogP contribution in [0.25, 0.3) is 0 Å². The zero-order chi connectivity index (χ0) is 20.7. The SMILES string of the molecule is CN=C(NCc1nc(C(F)(F)F)cs1)NCc1ccccc1CN(C)C(C)C. The molecule has 2 aromatic rings. The number of alkyl halides is 3. The van der Waals surface area contributed by atoms with Gasteiger partial charge >= 0.3 is 6.18 Å². The molecule has 154 valence electrons. The molecule has 9 heteroatoms. The summed E-state index contributed by atoms with van der Waals surface area (Å²) in [5.41, 5.74) is 1.50. The minimum atomic E-state index is -4.42. The van der Waals surface area contributed by atoms with Crippen LogP contribution in [0, 0.1) is 0 Å². The second-order valence-electron chi connectivity index (χ2n) is 6.68. The van der Waals surface area contributed by atoms with Gasteiger partial charge in [-0.1, -0.05) is 24.3 Å². The number of aromatic nitrogens is 1. The third-order valence-corrected chi connectivity index (χ3v) is 5.19. The van der Waals surface area contributed by atoms with Crippen molar-refractivity contribution in [3.63, 3.8) is 0 Å². The summed E-state index contributed by atoms with van der Waals surface area (Å²) in [5, 5.41) is 7.60. The van der Waals surface area contributed by atoms with Crippen LogP contribution in [0.4, 0.5) is 13.2 Å². The van der Waals surface area contributed by atoms with E-state index in [1.807, 2.05) is 12.1 Å². The summed E-state index contributed by atoms with van der Waals surface area (Å²) in [4.78, 5) is 10.00. The average molecular weight is 414 g/mol. The van der Waals surface area contributed by atoms with Crippen LogP contribution < -0.4 is 10.6 Å². The first-order valence-corrected chi connectivity index (χ1v) is 9.81. The van der Waals surface area contributed by atoms with Crippen molar-refractivity contribution in [1.29, 1.82) is 0 Å². The Kier molecular flexibility index (Phi) is 7.82. The van der Waals surface area contributed by atoms with Crippen molar-refractivity contribution in [2.24, 2.45) is 4.99 Å². The minimum absolute atomic E-state index is 0.179. The second-order valence-corrected chi connectivity index (χ2v) is 7.62. The van der Waals surface area contributed by atoms with Crippen molar-refractivity contribution in [2.75, 3.05) is 14.1 Å². The third-order valence-electron chi connectivity index (χ3n) is 4.34. The quantitative estimate of drug-likeness (QED) is 0.535. The standard InChI is InChI=1S/C19H26F3N5S/c1-13(2)27(4)11-15-8-6-5-7-14(15)9-24-18(23-3)25-10-17-26-16(12-28-17)19(20,21)22/h5-8,12-13H,9-11H2,1-4H3,(H2,23,24,25). The smallest absolute Gasteiger partial charge is 0.352 e. The van der Waals surface area contributed by atoms with Gasteiger partial charge in [0.1, 0.15) is 5.01 Å². The molecule has 1 heterocycles. The van der Waals surface area contributed by atoms with Crippen molar-refractivity contribution in [2.45, 2.75) is 45.7 Å². The van der Waals surface area contributed by atoms with Gasteiger partial charge in [0.2, 0.25) is 0 Å². The Bertz CT molecular complexity index is 786. The molecule has 0 saturated carbocycles. The first-order chi connectivity index (χ1) is 13.2. The van der Waals surface area contributed by atoms with Crippen LogP contribution in [0.1, 0.15) is 35.7 Å². The monoisotopic (exact) mass is 413 g/mol. The van der Waals surface area contributed by atoms with Gasteiger partial charge in [-0.05, 0) is 32.0 Å². The zero-order valence-electron chi connectivity index (χ0n) is 16.5. The molecular formula is C19H26F3N5S. The molecule has 2 N–H and O–H groups in total. The molecule has 0 radical (unpaired) electrons. The largest absolute Gasteiger partial charge is 0.434 e. The van der Waals surface area contributed by atoms with Gasteiger partial charge < -0.3 is 10.6 Å². The van der Waals surface area contributed by atoms with Crippen molar-refractivity contribution in [3.05, 3.63) is 51.5 Å². The summed E-state index contributed by atoms with van der Waals surface area (Å²) in [5.74, 6) is 0.510. The topological polar surface area (TPSA) is 52.6 Å². The molecule has 0 aliphatic heterocycles. The van der Waals surface area contributed by atoms with Crippen molar-refractivity contribution < 1.29 is 13.2 Å². The van der Waals surface area contributed by atoms with E-state index in [4.69, 9.17) is 0 Å². The summed E-state index contributed by atoms with van der Waals surface area (Å²) < 4.78 is 37.9. The third kappa shape index (κ3) is 6.49. The molecule has 1 aromatic heterocycles. The highest BCUT2D eigenvalue weighted by Crippen LogP contribution is 2.29. The van der Waals surface area contributed by atoms with Gasteiger partial charge in [0, 0.05) is 31.6 Å². The van der Waals surface area contributed by atoms with Crippen LogP contribution in [0.2, 0.25) is 0 Å². The molecule has 0 aliphatic rings. The van der Waals surface area contributed by atoms with Crippen molar-refractivity contribution in [3.8, 4) is 0 Å². The van der Waals surface area contributed by atoms with Crippen LogP contribution in [0.15, 0.2) is 34.6 Å². The van der Waals surface area contributed by atoms with Gasteiger partial charge in [-0.2, -0.15) is 13.2 Å². The lowest BCUT2D eigenvalue weighted by Crippen LogP contribution is -2.36. The maximum atomic E-state index is 12.6. The molecule has 0 fully saturated rings. The number of aliphatic imine (C=N–C) groups is 1. The van der Waals surface area contributed by atoms with Gasteiger partial charge in [0.15, 0.2) is 11.7 Å². The minimum Gasteiger partial charge on any atom is -0.352 e. The summed E-state index contributed by atoms with van der Waals surface area (Å²) in [6.07, 6.45) is -4.42. The number of nitrogens with one attached hydrogen (secondary N) is 2. The van der Waals surface area contributed by atoms with E-state index in [1.54, 1.807) is 7.05 Å². The lowest BCUT2D eigenvalue weighted by atomic mass is 10.1. The van der Waals surface area contributed by atoms with E-state index in [9.17, 15) is 13.2 Å². The van der Waals surface area contributed by atoms with Crippen LogP contribution in [-0.4, -0.2) is 36.0 Å². The lowest BCUT2D eigenvalue weighted by Gasteiger charge is -2.23. The highest BCUT2D eigenvalue weighted by Gasteiger charge is 2.33. The Balaban J connectivity index is 1.93. The Hall–Kier alpha value is -2.13. The Morgan fingerprint density at radius 1 is 1.18 bits per heavy atom. The van der Waals surface area contributed by atoms with E-state index < -0.39 is 11.9 Å². The predicted octanol–water partition coefficient (Wildman–Crippen LogP) is 3.87. The Labute approximate surface area is 167 Å². The molecule has 0 saturated heterocycles. The Morgan fingerprint density at radius 3 is 2.39 bits per heavy atom. The van der Waals surface area contributed by atoms with E-state index in [2.05, 4.69) is 58.5 Å². The highest BCUT2D eigenvalue weighted by molar-refractivity contribution is 7.09. The van der Waals surface area contributed by atoms with Gasteiger partial charge in [-0.25, -0.2) is 4.98 Å². The fraction of sp³-hybridized carbons (Fsp3) is 0.474.